The molecule has 5 rings (SSSR count). The zero-order valence-corrected chi connectivity index (χ0v) is 27.2. The number of fused-ring (bicyclic) bond motifs is 3. The summed E-state index contributed by atoms with van der Waals surface area (Å²) in [6.45, 7) is 11.0. The number of alkyl carbamates (subject to hydrolysis) is 1. The third-order valence-electron chi connectivity index (χ3n) is 8.17. The van der Waals surface area contributed by atoms with Crippen LogP contribution in [0, 0.1) is 5.92 Å². The number of para-hydroxylation sites is 1. The Balaban J connectivity index is 1.31. The lowest BCUT2D eigenvalue weighted by Crippen LogP contribution is -2.45. The molecule has 1 amide bonds. The van der Waals surface area contributed by atoms with Crippen molar-refractivity contribution < 1.29 is 37.4 Å². The monoisotopic (exact) mass is 638 g/mol. The first kappa shape index (κ1) is 33.0. The molecule has 248 valence electrons. The molecule has 2 aromatic heterocycles. The van der Waals surface area contributed by atoms with Crippen molar-refractivity contribution in [3.63, 3.8) is 0 Å². The van der Waals surface area contributed by atoms with Crippen molar-refractivity contribution in [1.82, 2.24) is 19.8 Å². The van der Waals surface area contributed by atoms with E-state index in [2.05, 4.69) is 22.0 Å². The van der Waals surface area contributed by atoms with Crippen LogP contribution in [0.25, 0.3) is 5.69 Å². The van der Waals surface area contributed by atoms with Crippen molar-refractivity contribution in [2.24, 2.45) is 5.92 Å². The van der Waals surface area contributed by atoms with E-state index in [1.165, 1.54) is 12.5 Å². The summed E-state index contributed by atoms with van der Waals surface area (Å²) in [6, 6.07) is 7.12. The topological polar surface area (TPSA) is 155 Å². The molecular formula is C33H42N4O9. The molecule has 2 aliphatic heterocycles. The second kappa shape index (κ2) is 13.5. The molecule has 0 saturated carbocycles. The molecule has 3 atom stereocenters. The molecule has 13 nitrogen and oxygen atoms in total. The van der Waals surface area contributed by atoms with Crippen LogP contribution < -0.4 is 11.1 Å². The number of esters is 2. The fourth-order valence-corrected chi connectivity index (χ4v) is 5.88. The molecule has 13 heteroatoms. The Morgan fingerprint density at radius 3 is 2.57 bits per heavy atom. The van der Waals surface area contributed by atoms with Gasteiger partial charge in [-0.05, 0) is 30.9 Å². The van der Waals surface area contributed by atoms with Gasteiger partial charge in [-0.1, -0.05) is 52.8 Å². The van der Waals surface area contributed by atoms with Gasteiger partial charge in [0.15, 0.2) is 18.1 Å². The van der Waals surface area contributed by atoms with Gasteiger partial charge in [-0.3, -0.25) is 14.5 Å². The Bertz CT molecular complexity index is 1630. The smallest absolute Gasteiger partial charge is 0.456 e. The Labute approximate surface area is 267 Å². The van der Waals surface area contributed by atoms with E-state index in [1.54, 1.807) is 20.2 Å². The third kappa shape index (κ3) is 7.52. The highest BCUT2D eigenvalue weighted by Crippen LogP contribution is 2.29. The molecule has 0 bridgehead atoms. The number of nitrogens with zero attached hydrogens (tertiary/aromatic N) is 3. The van der Waals surface area contributed by atoms with E-state index in [0.717, 1.165) is 29.9 Å². The number of benzene rings is 1. The van der Waals surface area contributed by atoms with Gasteiger partial charge in [0.1, 0.15) is 6.04 Å². The average Bonchev–Trinajstić information content (AvgIpc) is 3.72. The Morgan fingerprint density at radius 2 is 1.83 bits per heavy atom. The van der Waals surface area contributed by atoms with Crippen LogP contribution in [0.3, 0.4) is 0 Å². The maximum Gasteiger partial charge on any atom is 0.519 e. The van der Waals surface area contributed by atoms with Crippen LogP contribution in [0.5, 0.6) is 0 Å². The van der Waals surface area contributed by atoms with Crippen molar-refractivity contribution in [1.29, 1.82) is 0 Å². The van der Waals surface area contributed by atoms with Gasteiger partial charge in [-0.15, -0.1) is 0 Å². The zero-order valence-electron chi connectivity index (χ0n) is 27.2. The van der Waals surface area contributed by atoms with Crippen LogP contribution >= 0.6 is 0 Å². The molecule has 0 spiro atoms. The molecule has 46 heavy (non-hydrogen) atoms. The first-order valence-electron chi connectivity index (χ1n) is 15.6. The van der Waals surface area contributed by atoms with Gasteiger partial charge in [0.05, 0.1) is 17.9 Å². The highest BCUT2D eigenvalue weighted by molar-refractivity contribution is 5.76. The Hall–Kier alpha value is -4.39. The van der Waals surface area contributed by atoms with E-state index in [-0.39, 0.29) is 30.7 Å². The predicted molar refractivity (Wildman–Crippen MR) is 164 cm³/mol. The molecule has 1 N–H and O–H groups in total. The molecular weight excluding hydrogens is 596 g/mol. The number of aryl methyl sites for hydroxylation is 1. The number of ether oxygens (including phenoxy) is 3. The minimum absolute atomic E-state index is 0.163. The SMILES string of the molecule is CC(OC(=O)NC1CCN(C(Cc2ncn3c2CCc2ccccc2-3)C(=O)OCc2oc(=O)oc2C(C)(C)C)C1)OC(=O)C(C)C. The number of hydrogen-bond donors (Lipinski definition) is 1. The molecule has 0 aliphatic carbocycles. The summed E-state index contributed by atoms with van der Waals surface area (Å²) in [4.78, 5) is 56.8. The maximum atomic E-state index is 13.8. The van der Waals surface area contributed by atoms with E-state index in [9.17, 15) is 19.2 Å². The molecule has 2 aliphatic rings. The minimum atomic E-state index is -1.05. The van der Waals surface area contributed by atoms with Crippen molar-refractivity contribution in [3.05, 3.63) is 69.7 Å². The van der Waals surface area contributed by atoms with E-state index in [4.69, 9.17) is 28.0 Å². The summed E-state index contributed by atoms with van der Waals surface area (Å²) in [5, 5.41) is 2.81. The second-order valence-corrected chi connectivity index (χ2v) is 13.1. The number of aromatic nitrogens is 2. The molecule has 1 aromatic carbocycles. The quantitative estimate of drug-likeness (QED) is 0.255. The van der Waals surface area contributed by atoms with Crippen LogP contribution in [0.4, 0.5) is 4.79 Å². The number of amides is 1. The van der Waals surface area contributed by atoms with Crippen LogP contribution in [0.15, 0.2) is 44.2 Å². The van der Waals surface area contributed by atoms with Crippen LogP contribution in [0.2, 0.25) is 0 Å². The highest BCUT2D eigenvalue weighted by atomic mass is 16.7. The molecule has 0 radical (unpaired) electrons. The minimum Gasteiger partial charge on any atom is -0.456 e. The van der Waals surface area contributed by atoms with Gasteiger partial charge in [-0.2, -0.15) is 0 Å². The molecule has 1 fully saturated rings. The number of hydrogen-bond acceptors (Lipinski definition) is 11. The third-order valence-corrected chi connectivity index (χ3v) is 8.17. The average molecular weight is 639 g/mol. The van der Waals surface area contributed by atoms with Gasteiger partial charge in [0.25, 0.3) is 0 Å². The predicted octanol–water partition coefficient (Wildman–Crippen LogP) is 3.81. The zero-order chi connectivity index (χ0) is 33.2. The number of nitrogens with one attached hydrogen (secondary N) is 1. The lowest BCUT2D eigenvalue weighted by atomic mass is 9.92. The number of rotatable bonds is 10. The molecule has 3 unspecified atom stereocenters. The standard InChI is InChI=1S/C33H42N4O9/c1-19(2)29(38)43-20(3)44-31(40)35-22-13-14-36(16-22)26(30(39)42-17-27-28(33(4,5)6)46-32(41)45-27)15-23-25-12-11-21-9-7-8-10-24(21)37(25)18-34-23/h7-10,18-20,22,26H,11-17H2,1-6H3,(H,35,40). The van der Waals surface area contributed by atoms with Crippen LogP contribution in [-0.2, 0) is 55.1 Å². The number of carbonyl (C=O) groups excluding carboxylic acids is 3. The van der Waals surface area contributed by atoms with Crippen molar-refractivity contribution >= 4 is 18.0 Å². The fourth-order valence-electron chi connectivity index (χ4n) is 5.88. The van der Waals surface area contributed by atoms with E-state index < -0.39 is 41.6 Å². The van der Waals surface area contributed by atoms with Crippen LogP contribution in [0.1, 0.15) is 76.4 Å². The lowest BCUT2D eigenvalue weighted by molar-refractivity contribution is -0.168. The summed E-state index contributed by atoms with van der Waals surface area (Å²) >= 11 is 0. The number of likely N-dealkylation sites (tertiary alicyclic amines) is 1. The van der Waals surface area contributed by atoms with Gasteiger partial charge in [-0.25, -0.2) is 14.6 Å². The second-order valence-electron chi connectivity index (χ2n) is 13.1. The fraction of sp³-hybridized carbons (Fsp3) is 0.545. The largest absolute Gasteiger partial charge is 0.519 e. The summed E-state index contributed by atoms with van der Waals surface area (Å²) in [5.41, 5.74) is 3.60. The van der Waals surface area contributed by atoms with E-state index in [1.807, 2.05) is 37.8 Å². The normalized spacial score (nSPS) is 17.6. The Morgan fingerprint density at radius 1 is 1.07 bits per heavy atom. The van der Waals surface area contributed by atoms with Gasteiger partial charge in [0, 0.05) is 49.3 Å². The number of carbonyl (C=O) groups is 3. The highest BCUT2D eigenvalue weighted by Gasteiger charge is 2.37. The summed E-state index contributed by atoms with van der Waals surface area (Å²) in [5.74, 6) is -1.71. The lowest BCUT2D eigenvalue weighted by Gasteiger charge is -2.27. The summed E-state index contributed by atoms with van der Waals surface area (Å²) < 4.78 is 28.6. The van der Waals surface area contributed by atoms with Crippen molar-refractivity contribution in [2.45, 2.75) is 97.6 Å². The molecule has 4 heterocycles. The van der Waals surface area contributed by atoms with Crippen molar-refractivity contribution in [2.75, 3.05) is 13.1 Å². The van der Waals surface area contributed by atoms with Crippen molar-refractivity contribution in [3.8, 4) is 5.69 Å². The van der Waals surface area contributed by atoms with Gasteiger partial charge >= 0.3 is 23.9 Å². The first-order chi connectivity index (χ1) is 21.8. The summed E-state index contributed by atoms with van der Waals surface area (Å²) in [7, 11) is 0. The van der Waals surface area contributed by atoms with Gasteiger partial charge in [0.2, 0.25) is 6.29 Å². The molecule has 3 aromatic rings. The number of imidazole rings is 1. The Kier molecular flexibility index (Phi) is 9.71. The van der Waals surface area contributed by atoms with E-state index in [0.29, 0.717) is 25.3 Å². The van der Waals surface area contributed by atoms with E-state index >= 15 is 0 Å². The maximum absolute atomic E-state index is 13.8. The molecule has 1 saturated heterocycles. The summed E-state index contributed by atoms with van der Waals surface area (Å²) in [6.07, 6.45) is 2.50. The van der Waals surface area contributed by atoms with Gasteiger partial charge < -0.3 is 32.9 Å². The van der Waals surface area contributed by atoms with Crippen LogP contribution in [-0.4, -0.2) is 63.9 Å². The first-order valence-corrected chi connectivity index (χ1v) is 15.6.